The molecule has 0 aliphatic carbocycles. The number of hydrogen-bond acceptors (Lipinski definition) is 6. The zero-order valence-electron chi connectivity index (χ0n) is 15.3. The molecule has 7 heteroatoms. The van der Waals surface area contributed by atoms with Crippen LogP contribution < -0.4 is 5.32 Å². The first-order chi connectivity index (χ1) is 11.0. The molecule has 1 rings (SSSR count). The zero-order chi connectivity index (χ0) is 18.5. The number of nitrogens with zero attached hydrogens (tertiary/aromatic N) is 1. The van der Waals surface area contributed by atoms with E-state index in [0.717, 1.165) is 12.8 Å². The van der Waals surface area contributed by atoms with Crippen molar-refractivity contribution in [2.24, 2.45) is 5.41 Å². The van der Waals surface area contributed by atoms with Crippen molar-refractivity contribution in [2.75, 3.05) is 26.9 Å². The fraction of sp³-hybridized carbons (Fsp3) is 0.765. The van der Waals surface area contributed by atoms with Gasteiger partial charge in [0.25, 0.3) is 0 Å². The van der Waals surface area contributed by atoms with E-state index in [-0.39, 0.29) is 30.2 Å². The Hall–Kier alpha value is -1.44. The van der Waals surface area contributed by atoms with Crippen LogP contribution in [0.5, 0.6) is 0 Å². The Bertz CT molecular complexity index is 494. The zero-order valence-corrected chi connectivity index (χ0v) is 15.3. The lowest BCUT2D eigenvalue weighted by Gasteiger charge is -2.41. The average Bonchev–Trinajstić information content (AvgIpc) is 2.54. The Morgan fingerprint density at radius 3 is 2.38 bits per heavy atom. The van der Waals surface area contributed by atoms with E-state index in [0.29, 0.717) is 13.2 Å². The molecule has 0 unspecified atom stereocenters. The number of ether oxygens (including phenoxy) is 1. The molecule has 0 atom stereocenters. The fourth-order valence-electron chi connectivity index (χ4n) is 2.41. The predicted octanol–water partition coefficient (Wildman–Crippen LogP) is 1.43. The average molecular weight is 341 g/mol. The van der Waals surface area contributed by atoms with Gasteiger partial charge < -0.3 is 20.4 Å². The van der Waals surface area contributed by atoms with Crippen LogP contribution in [-0.2, 0) is 9.53 Å². The van der Waals surface area contributed by atoms with E-state index in [1.165, 1.54) is 6.08 Å². The highest BCUT2D eigenvalue weighted by molar-refractivity contribution is 5.97. The van der Waals surface area contributed by atoms with Gasteiger partial charge in [0.15, 0.2) is 5.88 Å². The Balaban J connectivity index is 2.75. The summed E-state index contributed by atoms with van der Waals surface area (Å²) in [7, 11) is 1.90. The van der Waals surface area contributed by atoms with Gasteiger partial charge in [-0.05, 0) is 33.7 Å². The Morgan fingerprint density at radius 2 is 1.88 bits per heavy atom. The third-order valence-corrected chi connectivity index (χ3v) is 4.82. The molecule has 138 valence electrons. The highest BCUT2D eigenvalue weighted by atomic mass is 16.5. The first-order valence-corrected chi connectivity index (χ1v) is 8.25. The number of amides is 1. The molecule has 1 amide bonds. The number of aliphatic hydroxyl groups is 2. The van der Waals surface area contributed by atoms with Gasteiger partial charge in [0, 0.05) is 36.5 Å². The van der Waals surface area contributed by atoms with E-state index in [2.05, 4.69) is 5.32 Å². The standard InChI is InChI=1S/C17H31N3O4/c1-16(2,11-21)13(18)10-14(22)19-15(23)17(3,4)20(5)12-6-8-24-9-7-12/h10,12,18,21-22H,6-9,11H2,1-5H3,(H,19,23)/b14-10-,18-13?. The second kappa shape index (κ2) is 8.09. The molecular weight excluding hydrogens is 310 g/mol. The van der Waals surface area contributed by atoms with E-state index in [4.69, 9.17) is 10.1 Å². The van der Waals surface area contributed by atoms with Crippen LogP contribution in [0.1, 0.15) is 40.5 Å². The van der Waals surface area contributed by atoms with Crippen LogP contribution >= 0.6 is 0 Å². The number of carbonyl (C=O) groups excluding carboxylic acids is 1. The Labute approximate surface area is 144 Å². The minimum atomic E-state index is -0.821. The summed E-state index contributed by atoms with van der Waals surface area (Å²) < 4.78 is 5.35. The Kier molecular flexibility index (Phi) is 6.95. The SMILES string of the molecule is CN(C1CCOCC1)C(C)(C)C(=O)N/C(O)=C/C(=N)C(C)(C)CO. The van der Waals surface area contributed by atoms with Gasteiger partial charge in [-0.15, -0.1) is 0 Å². The summed E-state index contributed by atoms with van der Waals surface area (Å²) in [6.07, 6.45) is 2.90. The topological polar surface area (TPSA) is 106 Å². The van der Waals surface area contributed by atoms with Crippen LogP contribution in [0, 0.1) is 10.8 Å². The summed E-state index contributed by atoms with van der Waals surface area (Å²) in [4.78, 5) is 14.6. The highest BCUT2D eigenvalue weighted by Gasteiger charge is 2.37. The normalized spacial score (nSPS) is 17.9. The van der Waals surface area contributed by atoms with Crippen LogP contribution in [0.25, 0.3) is 0 Å². The molecule has 0 aromatic carbocycles. The molecule has 0 radical (unpaired) electrons. The van der Waals surface area contributed by atoms with Crippen molar-refractivity contribution in [3.05, 3.63) is 12.0 Å². The van der Waals surface area contributed by atoms with E-state index >= 15 is 0 Å². The molecule has 1 fully saturated rings. The van der Waals surface area contributed by atoms with Crippen molar-refractivity contribution < 1.29 is 19.7 Å². The maximum Gasteiger partial charge on any atom is 0.246 e. The summed E-state index contributed by atoms with van der Waals surface area (Å²) in [5.74, 6) is -0.736. The lowest BCUT2D eigenvalue weighted by atomic mass is 9.88. The van der Waals surface area contributed by atoms with Gasteiger partial charge in [-0.3, -0.25) is 15.0 Å². The molecule has 1 aliphatic heterocycles. The first kappa shape index (κ1) is 20.6. The molecule has 1 heterocycles. The summed E-state index contributed by atoms with van der Waals surface area (Å²) >= 11 is 0. The summed E-state index contributed by atoms with van der Waals surface area (Å²) in [5.41, 5.74) is -1.57. The minimum Gasteiger partial charge on any atom is -0.494 e. The van der Waals surface area contributed by atoms with Gasteiger partial charge in [0.05, 0.1) is 12.1 Å². The second-order valence-corrected chi connectivity index (χ2v) is 7.45. The summed E-state index contributed by atoms with van der Waals surface area (Å²) in [5, 5.41) is 29.6. The van der Waals surface area contributed by atoms with Gasteiger partial charge in [-0.1, -0.05) is 13.8 Å². The van der Waals surface area contributed by atoms with Crippen LogP contribution in [0.3, 0.4) is 0 Å². The first-order valence-electron chi connectivity index (χ1n) is 8.25. The molecule has 0 bridgehead atoms. The van der Waals surface area contributed by atoms with Gasteiger partial charge in [-0.25, -0.2) is 0 Å². The van der Waals surface area contributed by atoms with Crippen LogP contribution in [-0.4, -0.2) is 65.2 Å². The van der Waals surface area contributed by atoms with Gasteiger partial charge in [0.2, 0.25) is 5.91 Å². The third-order valence-electron chi connectivity index (χ3n) is 4.82. The fourth-order valence-corrected chi connectivity index (χ4v) is 2.41. The molecule has 0 spiro atoms. The number of carbonyl (C=O) groups is 1. The van der Waals surface area contributed by atoms with Crippen molar-refractivity contribution in [1.29, 1.82) is 5.41 Å². The smallest absolute Gasteiger partial charge is 0.246 e. The maximum absolute atomic E-state index is 12.6. The van der Waals surface area contributed by atoms with E-state index < -0.39 is 11.0 Å². The number of hydrogen-bond donors (Lipinski definition) is 4. The summed E-state index contributed by atoms with van der Waals surface area (Å²) in [6.45, 7) is 8.12. The number of likely N-dealkylation sites (N-methyl/N-ethyl adjacent to an activating group) is 1. The monoisotopic (exact) mass is 341 g/mol. The van der Waals surface area contributed by atoms with Crippen molar-refractivity contribution in [3.63, 3.8) is 0 Å². The highest BCUT2D eigenvalue weighted by Crippen LogP contribution is 2.23. The molecule has 1 saturated heterocycles. The molecule has 0 aromatic heterocycles. The van der Waals surface area contributed by atoms with Crippen molar-refractivity contribution in [1.82, 2.24) is 10.2 Å². The van der Waals surface area contributed by atoms with Gasteiger partial charge >= 0.3 is 0 Å². The molecule has 1 aliphatic rings. The van der Waals surface area contributed by atoms with Crippen molar-refractivity contribution in [3.8, 4) is 0 Å². The predicted molar refractivity (Wildman–Crippen MR) is 93.1 cm³/mol. The molecule has 7 nitrogen and oxygen atoms in total. The number of rotatable bonds is 7. The van der Waals surface area contributed by atoms with E-state index in [9.17, 15) is 15.0 Å². The summed E-state index contributed by atoms with van der Waals surface area (Å²) in [6, 6.07) is 0.247. The minimum absolute atomic E-state index is 0.0402. The van der Waals surface area contributed by atoms with Crippen molar-refractivity contribution >= 4 is 11.6 Å². The van der Waals surface area contributed by atoms with Gasteiger partial charge in [0.1, 0.15) is 0 Å². The number of nitrogens with one attached hydrogen (secondary N) is 2. The number of aliphatic hydroxyl groups excluding tert-OH is 2. The van der Waals surface area contributed by atoms with Crippen molar-refractivity contribution in [2.45, 2.75) is 52.1 Å². The molecule has 0 saturated carbocycles. The maximum atomic E-state index is 12.6. The third kappa shape index (κ3) is 5.03. The second-order valence-electron chi connectivity index (χ2n) is 7.45. The van der Waals surface area contributed by atoms with E-state index in [1.54, 1.807) is 27.7 Å². The molecular formula is C17H31N3O4. The van der Waals surface area contributed by atoms with Gasteiger partial charge in [-0.2, -0.15) is 0 Å². The molecule has 0 aromatic rings. The van der Waals surface area contributed by atoms with E-state index in [1.807, 2.05) is 11.9 Å². The number of allylic oxidation sites excluding steroid dienone is 1. The lowest BCUT2D eigenvalue weighted by Crippen LogP contribution is -2.57. The van der Waals surface area contributed by atoms with Crippen LogP contribution in [0.15, 0.2) is 12.0 Å². The Morgan fingerprint density at radius 1 is 1.33 bits per heavy atom. The largest absolute Gasteiger partial charge is 0.494 e. The lowest BCUT2D eigenvalue weighted by molar-refractivity contribution is -0.133. The molecule has 24 heavy (non-hydrogen) atoms. The molecule has 4 N–H and O–H groups in total. The van der Waals surface area contributed by atoms with Crippen LogP contribution in [0.2, 0.25) is 0 Å². The van der Waals surface area contributed by atoms with Crippen LogP contribution in [0.4, 0.5) is 0 Å². The quantitative estimate of drug-likeness (QED) is 0.414.